The van der Waals surface area contributed by atoms with E-state index in [0.29, 0.717) is 43.1 Å². The van der Waals surface area contributed by atoms with E-state index >= 15 is 0 Å². The minimum atomic E-state index is -4.36. The number of anilines is 2. The number of rotatable bonds is 4. The van der Waals surface area contributed by atoms with E-state index in [1.807, 2.05) is 15.9 Å². The third-order valence-electron chi connectivity index (χ3n) is 4.55. The number of nitriles is 1. The lowest BCUT2D eigenvalue weighted by Gasteiger charge is -2.36. The highest BCUT2D eigenvalue weighted by molar-refractivity contribution is 5.92. The van der Waals surface area contributed by atoms with E-state index in [0.717, 1.165) is 12.1 Å². The molecular formula is C20H19F3N4O. The quantitative estimate of drug-likeness (QED) is 0.873. The molecule has 0 saturated carbocycles. The van der Waals surface area contributed by atoms with Gasteiger partial charge in [0, 0.05) is 37.6 Å². The highest BCUT2D eigenvalue weighted by Crippen LogP contribution is 2.31. The summed E-state index contributed by atoms with van der Waals surface area (Å²) in [7, 11) is 0. The molecule has 0 atom stereocenters. The molecule has 2 aromatic carbocycles. The number of hydrogen-bond acceptors (Lipinski definition) is 4. The second-order valence-electron chi connectivity index (χ2n) is 6.55. The van der Waals surface area contributed by atoms with Crippen LogP contribution in [0.25, 0.3) is 0 Å². The number of benzene rings is 2. The van der Waals surface area contributed by atoms with E-state index in [-0.39, 0.29) is 12.5 Å². The summed E-state index contributed by atoms with van der Waals surface area (Å²) in [6.07, 6.45) is -4.36. The fourth-order valence-corrected chi connectivity index (χ4v) is 3.11. The summed E-state index contributed by atoms with van der Waals surface area (Å²) in [6.45, 7) is 2.41. The summed E-state index contributed by atoms with van der Waals surface area (Å²) < 4.78 is 38.6. The molecule has 1 aliphatic rings. The Bertz CT molecular complexity index is 884. The first-order valence-corrected chi connectivity index (χ1v) is 8.80. The minimum absolute atomic E-state index is 0.188. The topological polar surface area (TPSA) is 59.4 Å². The Labute approximate surface area is 161 Å². The van der Waals surface area contributed by atoms with E-state index in [4.69, 9.17) is 5.26 Å². The zero-order valence-corrected chi connectivity index (χ0v) is 15.0. The van der Waals surface area contributed by atoms with Crippen molar-refractivity contribution in [3.63, 3.8) is 0 Å². The van der Waals surface area contributed by atoms with Gasteiger partial charge in [0.25, 0.3) is 0 Å². The third-order valence-corrected chi connectivity index (χ3v) is 4.55. The number of alkyl halides is 3. The average Bonchev–Trinajstić information content (AvgIpc) is 2.68. The molecule has 1 heterocycles. The van der Waals surface area contributed by atoms with Crippen molar-refractivity contribution < 1.29 is 18.0 Å². The van der Waals surface area contributed by atoms with Gasteiger partial charge in [-0.3, -0.25) is 9.69 Å². The lowest BCUT2D eigenvalue weighted by atomic mass is 10.1. The molecule has 28 heavy (non-hydrogen) atoms. The van der Waals surface area contributed by atoms with Gasteiger partial charge in [-0.25, -0.2) is 0 Å². The van der Waals surface area contributed by atoms with Gasteiger partial charge in [0.1, 0.15) is 0 Å². The van der Waals surface area contributed by atoms with Crippen molar-refractivity contribution in [2.45, 2.75) is 6.18 Å². The number of nitrogens with zero attached hydrogens (tertiary/aromatic N) is 3. The van der Waals surface area contributed by atoms with Gasteiger partial charge in [0.05, 0.1) is 23.7 Å². The Morgan fingerprint density at radius 1 is 1.07 bits per heavy atom. The first-order chi connectivity index (χ1) is 13.3. The number of amides is 1. The molecule has 0 radical (unpaired) electrons. The maximum absolute atomic E-state index is 12.9. The van der Waals surface area contributed by atoms with Gasteiger partial charge < -0.3 is 10.2 Å². The van der Waals surface area contributed by atoms with Gasteiger partial charge in [0.15, 0.2) is 0 Å². The van der Waals surface area contributed by atoms with Crippen molar-refractivity contribution in [1.29, 1.82) is 5.26 Å². The van der Waals surface area contributed by atoms with Crippen LogP contribution in [-0.2, 0) is 11.0 Å². The van der Waals surface area contributed by atoms with E-state index < -0.39 is 11.7 Å². The van der Waals surface area contributed by atoms with Crippen molar-refractivity contribution in [2.75, 3.05) is 42.9 Å². The number of piperazine rings is 1. The van der Waals surface area contributed by atoms with E-state index in [1.165, 1.54) is 6.07 Å². The smallest absolute Gasteiger partial charge is 0.369 e. The lowest BCUT2D eigenvalue weighted by molar-refractivity contribution is -0.137. The molecule has 1 fully saturated rings. The molecule has 0 aromatic heterocycles. The molecular weight excluding hydrogens is 369 g/mol. The molecule has 0 unspecified atom stereocenters. The molecule has 3 rings (SSSR count). The van der Waals surface area contributed by atoms with Crippen LogP contribution in [0.2, 0.25) is 0 Å². The molecule has 146 valence electrons. The molecule has 1 aliphatic heterocycles. The molecule has 5 nitrogen and oxygen atoms in total. The van der Waals surface area contributed by atoms with Gasteiger partial charge in [-0.15, -0.1) is 0 Å². The number of hydrogen-bond donors (Lipinski definition) is 1. The highest BCUT2D eigenvalue weighted by Gasteiger charge is 2.31. The fourth-order valence-electron chi connectivity index (χ4n) is 3.11. The summed E-state index contributed by atoms with van der Waals surface area (Å²) in [5, 5.41) is 11.7. The average molecular weight is 388 g/mol. The number of nitrogens with one attached hydrogen (secondary N) is 1. The molecule has 0 aliphatic carbocycles. The first kappa shape index (κ1) is 19.7. The number of halogens is 3. The zero-order chi connectivity index (χ0) is 20.1. The van der Waals surface area contributed by atoms with Crippen LogP contribution < -0.4 is 10.2 Å². The second-order valence-corrected chi connectivity index (χ2v) is 6.55. The predicted molar refractivity (Wildman–Crippen MR) is 99.9 cm³/mol. The van der Waals surface area contributed by atoms with Gasteiger partial charge in [0.2, 0.25) is 5.91 Å². The standard InChI is InChI=1S/C20H19F3N4O/c21-20(22,23)16-4-2-6-18(12-16)27-9-7-26(8-10-27)14-19(28)25-17-5-1-3-15(11-17)13-24/h1-6,11-12H,7-10,14H2,(H,25,28). The summed E-state index contributed by atoms with van der Waals surface area (Å²) in [5.41, 5.74) is 0.901. The van der Waals surface area contributed by atoms with Crippen LogP contribution in [-0.4, -0.2) is 43.5 Å². The van der Waals surface area contributed by atoms with Crippen molar-refractivity contribution in [2.24, 2.45) is 0 Å². The zero-order valence-electron chi connectivity index (χ0n) is 15.0. The minimum Gasteiger partial charge on any atom is -0.369 e. The molecule has 1 amide bonds. The van der Waals surface area contributed by atoms with E-state index in [9.17, 15) is 18.0 Å². The van der Waals surface area contributed by atoms with Gasteiger partial charge >= 0.3 is 6.18 Å². The monoisotopic (exact) mass is 388 g/mol. The molecule has 8 heteroatoms. The van der Waals surface area contributed by atoms with Crippen LogP contribution in [0.1, 0.15) is 11.1 Å². The summed E-state index contributed by atoms with van der Waals surface area (Å²) >= 11 is 0. The van der Waals surface area contributed by atoms with Crippen LogP contribution in [0.3, 0.4) is 0 Å². The van der Waals surface area contributed by atoms with Crippen molar-refractivity contribution in [1.82, 2.24) is 4.90 Å². The summed E-state index contributed by atoms with van der Waals surface area (Å²) in [5.74, 6) is -0.192. The highest BCUT2D eigenvalue weighted by atomic mass is 19.4. The number of carbonyl (C=O) groups is 1. The van der Waals surface area contributed by atoms with Crippen LogP contribution >= 0.6 is 0 Å². The molecule has 0 spiro atoms. The van der Waals surface area contributed by atoms with Crippen LogP contribution in [0.5, 0.6) is 0 Å². The normalized spacial score (nSPS) is 15.1. The second kappa shape index (κ2) is 8.31. The third kappa shape index (κ3) is 5.02. The Balaban J connectivity index is 1.53. The van der Waals surface area contributed by atoms with Crippen molar-refractivity contribution in [3.05, 3.63) is 59.7 Å². The predicted octanol–water partition coefficient (Wildman–Crippen LogP) is 3.34. The van der Waals surface area contributed by atoms with Crippen LogP contribution in [0.15, 0.2) is 48.5 Å². The first-order valence-electron chi connectivity index (χ1n) is 8.80. The molecule has 1 saturated heterocycles. The van der Waals surface area contributed by atoms with E-state index in [1.54, 1.807) is 30.3 Å². The van der Waals surface area contributed by atoms with Crippen molar-refractivity contribution in [3.8, 4) is 6.07 Å². The largest absolute Gasteiger partial charge is 0.416 e. The Morgan fingerprint density at radius 2 is 1.79 bits per heavy atom. The fraction of sp³-hybridized carbons (Fsp3) is 0.300. The molecule has 2 aromatic rings. The molecule has 1 N–H and O–H groups in total. The van der Waals surface area contributed by atoms with E-state index in [2.05, 4.69) is 5.32 Å². The molecule has 0 bridgehead atoms. The van der Waals surface area contributed by atoms with Crippen LogP contribution in [0, 0.1) is 11.3 Å². The van der Waals surface area contributed by atoms with Crippen LogP contribution in [0.4, 0.5) is 24.5 Å². The van der Waals surface area contributed by atoms with Gasteiger partial charge in [-0.2, -0.15) is 18.4 Å². The van der Waals surface area contributed by atoms with Gasteiger partial charge in [-0.05, 0) is 36.4 Å². The van der Waals surface area contributed by atoms with Gasteiger partial charge in [-0.1, -0.05) is 12.1 Å². The Hall–Kier alpha value is -3.05. The Morgan fingerprint density at radius 3 is 2.46 bits per heavy atom. The lowest BCUT2D eigenvalue weighted by Crippen LogP contribution is -2.48. The summed E-state index contributed by atoms with van der Waals surface area (Å²) in [6, 6.07) is 14.0. The number of carbonyl (C=O) groups excluding carboxylic acids is 1. The maximum Gasteiger partial charge on any atom is 0.416 e. The SMILES string of the molecule is N#Cc1cccc(NC(=O)CN2CCN(c3cccc(C(F)(F)F)c3)CC2)c1. The Kier molecular flexibility index (Phi) is 5.85. The van der Waals surface area contributed by atoms with Crippen molar-refractivity contribution >= 4 is 17.3 Å². The summed E-state index contributed by atoms with van der Waals surface area (Å²) in [4.78, 5) is 16.1. The maximum atomic E-state index is 12.9.